The van der Waals surface area contributed by atoms with Gasteiger partial charge in [0.15, 0.2) is 5.78 Å². The van der Waals surface area contributed by atoms with E-state index in [4.69, 9.17) is 4.74 Å². The van der Waals surface area contributed by atoms with Gasteiger partial charge < -0.3 is 14.4 Å². The van der Waals surface area contributed by atoms with Crippen molar-refractivity contribution in [1.29, 1.82) is 0 Å². The molecule has 5 heteroatoms. The van der Waals surface area contributed by atoms with Gasteiger partial charge in [0.2, 0.25) is 0 Å². The largest absolute Gasteiger partial charge is 0.494 e. The lowest BCUT2D eigenvalue weighted by Crippen LogP contribution is -2.16. The first-order chi connectivity index (χ1) is 12.5. The molecule has 0 spiro atoms. The predicted molar refractivity (Wildman–Crippen MR) is 99.9 cm³/mol. The number of aliphatic carboxylic acids is 1. The highest BCUT2D eigenvalue weighted by molar-refractivity contribution is 6.00. The van der Waals surface area contributed by atoms with Crippen LogP contribution in [0.25, 0.3) is 10.9 Å². The van der Waals surface area contributed by atoms with Gasteiger partial charge in [-0.25, -0.2) is 0 Å². The molecule has 0 bridgehead atoms. The molecule has 1 atom stereocenters. The highest BCUT2D eigenvalue weighted by Gasteiger charge is 2.27. The van der Waals surface area contributed by atoms with Crippen molar-refractivity contribution in [2.75, 3.05) is 6.61 Å². The molecule has 0 aliphatic rings. The van der Waals surface area contributed by atoms with Crippen LogP contribution < -0.4 is 4.74 Å². The highest BCUT2D eigenvalue weighted by atomic mass is 16.5. The summed E-state index contributed by atoms with van der Waals surface area (Å²) in [6.07, 6.45) is 1.71. The topological polar surface area (TPSA) is 68.5 Å². The number of aromatic nitrogens is 1. The molecule has 3 aromatic rings. The zero-order chi connectivity index (χ0) is 18.7. The summed E-state index contributed by atoms with van der Waals surface area (Å²) in [4.78, 5) is 24.5. The van der Waals surface area contributed by atoms with E-state index in [0.717, 1.165) is 10.9 Å². The second-order valence-electron chi connectivity index (χ2n) is 6.19. The quantitative estimate of drug-likeness (QED) is 0.653. The predicted octanol–water partition coefficient (Wildman–Crippen LogP) is 4.02. The number of ketones is 1. The molecule has 0 saturated carbocycles. The molecule has 3 rings (SSSR count). The lowest BCUT2D eigenvalue weighted by Gasteiger charge is -2.11. The number of benzene rings is 2. The van der Waals surface area contributed by atoms with Gasteiger partial charge in [0.1, 0.15) is 5.75 Å². The van der Waals surface area contributed by atoms with Gasteiger partial charge in [-0.15, -0.1) is 0 Å². The molecular formula is C21H21NO4. The standard InChI is InChI=1S/C21H21NO4/c1-3-26-15-10-8-14(9-11-15)20(23)12-17(21(24)25)18-13-22(2)19-7-5-4-6-16(18)19/h4-11,13,17H,3,12H2,1-2H3,(H,24,25). The number of ether oxygens (including phenoxy) is 1. The number of hydrogen-bond acceptors (Lipinski definition) is 3. The summed E-state index contributed by atoms with van der Waals surface area (Å²) in [5.41, 5.74) is 2.09. The molecule has 0 fully saturated rings. The van der Waals surface area contributed by atoms with Gasteiger partial charge in [-0.2, -0.15) is 0 Å². The fraction of sp³-hybridized carbons (Fsp3) is 0.238. The van der Waals surface area contributed by atoms with Gasteiger partial charge in [-0.05, 0) is 42.8 Å². The summed E-state index contributed by atoms with van der Waals surface area (Å²) < 4.78 is 7.26. The van der Waals surface area contributed by atoms with E-state index in [1.807, 2.05) is 42.8 Å². The third kappa shape index (κ3) is 3.47. The van der Waals surface area contributed by atoms with E-state index in [2.05, 4.69) is 0 Å². The van der Waals surface area contributed by atoms with Gasteiger partial charge in [-0.1, -0.05) is 18.2 Å². The Hall–Kier alpha value is -3.08. The number of nitrogens with zero attached hydrogens (tertiary/aromatic N) is 1. The van der Waals surface area contributed by atoms with E-state index in [0.29, 0.717) is 23.5 Å². The Balaban J connectivity index is 1.89. The molecule has 1 heterocycles. The Morgan fingerprint density at radius 2 is 1.81 bits per heavy atom. The number of carboxylic acids is 1. The van der Waals surface area contributed by atoms with Crippen molar-refractivity contribution in [1.82, 2.24) is 4.57 Å². The highest BCUT2D eigenvalue weighted by Crippen LogP contribution is 2.31. The average molecular weight is 351 g/mol. The molecule has 5 nitrogen and oxygen atoms in total. The maximum absolute atomic E-state index is 12.6. The summed E-state index contributed by atoms with van der Waals surface area (Å²) in [5.74, 6) is -1.40. The third-order valence-corrected chi connectivity index (χ3v) is 4.48. The van der Waals surface area contributed by atoms with Gasteiger partial charge in [0, 0.05) is 36.1 Å². The van der Waals surface area contributed by atoms with E-state index < -0.39 is 11.9 Å². The van der Waals surface area contributed by atoms with Crippen LogP contribution in [0.3, 0.4) is 0 Å². The van der Waals surface area contributed by atoms with Crippen molar-refractivity contribution in [3.05, 3.63) is 65.9 Å². The molecular weight excluding hydrogens is 330 g/mol. The van der Waals surface area contributed by atoms with Crippen molar-refractivity contribution in [3.63, 3.8) is 0 Å². The first kappa shape index (κ1) is 17.7. The third-order valence-electron chi connectivity index (χ3n) is 4.48. The second-order valence-corrected chi connectivity index (χ2v) is 6.19. The van der Waals surface area contributed by atoms with Crippen molar-refractivity contribution < 1.29 is 19.4 Å². The number of carbonyl (C=O) groups is 2. The zero-order valence-corrected chi connectivity index (χ0v) is 14.8. The number of para-hydroxylation sites is 1. The Bertz CT molecular complexity index is 940. The van der Waals surface area contributed by atoms with Crippen LogP contribution in [0.2, 0.25) is 0 Å². The molecule has 1 N–H and O–H groups in total. The fourth-order valence-corrected chi connectivity index (χ4v) is 3.19. The normalized spacial score (nSPS) is 12.1. The minimum atomic E-state index is -0.999. The molecule has 26 heavy (non-hydrogen) atoms. The molecule has 0 aliphatic heterocycles. The van der Waals surface area contributed by atoms with Gasteiger partial charge in [-0.3, -0.25) is 9.59 Å². The Morgan fingerprint density at radius 3 is 2.46 bits per heavy atom. The number of carbonyl (C=O) groups excluding carboxylic acids is 1. The van der Waals surface area contributed by atoms with Gasteiger partial charge in [0.05, 0.1) is 12.5 Å². The van der Waals surface area contributed by atoms with E-state index in [1.54, 1.807) is 30.5 Å². The van der Waals surface area contributed by atoms with Gasteiger partial charge >= 0.3 is 5.97 Å². The van der Waals surface area contributed by atoms with E-state index in [1.165, 1.54) is 0 Å². The minimum Gasteiger partial charge on any atom is -0.494 e. The van der Waals surface area contributed by atoms with Crippen LogP contribution in [0.1, 0.15) is 35.2 Å². The summed E-state index contributed by atoms with van der Waals surface area (Å²) in [6.45, 7) is 2.44. The second kappa shape index (κ2) is 7.44. The molecule has 0 radical (unpaired) electrons. The molecule has 0 amide bonds. The SMILES string of the molecule is CCOc1ccc(C(=O)CC(C(=O)O)c2cn(C)c3ccccc23)cc1. The summed E-state index contributed by atoms with van der Waals surface area (Å²) in [6, 6.07) is 14.4. The average Bonchev–Trinajstić information content (AvgIpc) is 2.97. The van der Waals surface area contributed by atoms with Crippen LogP contribution in [0, 0.1) is 0 Å². The number of carboxylic acid groups (broad SMARTS) is 1. The van der Waals surface area contributed by atoms with Crippen LogP contribution in [0.5, 0.6) is 5.75 Å². The molecule has 134 valence electrons. The first-order valence-electron chi connectivity index (χ1n) is 8.54. The van der Waals surface area contributed by atoms with Crippen LogP contribution >= 0.6 is 0 Å². The van der Waals surface area contributed by atoms with Crippen molar-refractivity contribution in [2.24, 2.45) is 7.05 Å². The minimum absolute atomic E-state index is 0.0860. The first-order valence-corrected chi connectivity index (χ1v) is 8.54. The number of aryl methyl sites for hydroxylation is 1. The van der Waals surface area contributed by atoms with Crippen molar-refractivity contribution in [3.8, 4) is 5.75 Å². The van der Waals surface area contributed by atoms with E-state index >= 15 is 0 Å². The summed E-state index contributed by atoms with van der Waals surface area (Å²) >= 11 is 0. The number of fused-ring (bicyclic) bond motifs is 1. The molecule has 0 aliphatic carbocycles. The van der Waals surface area contributed by atoms with Crippen LogP contribution in [0.4, 0.5) is 0 Å². The molecule has 1 aromatic heterocycles. The maximum atomic E-state index is 12.6. The van der Waals surface area contributed by atoms with Crippen molar-refractivity contribution >= 4 is 22.7 Å². The Kier molecular flexibility index (Phi) is 5.07. The van der Waals surface area contributed by atoms with Crippen molar-refractivity contribution in [2.45, 2.75) is 19.3 Å². The Labute approximate surface area is 151 Å². The van der Waals surface area contributed by atoms with Crippen LogP contribution in [0.15, 0.2) is 54.7 Å². The fourth-order valence-electron chi connectivity index (χ4n) is 3.19. The van der Waals surface area contributed by atoms with Crippen LogP contribution in [-0.4, -0.2) is 28.0 Å². The molecule has 0 saturated heterocycles. The zero-order valence-electron chi connectivity index (χ0n) is 14.8. The van der Waals surface area contributed by atoms with Crippen LogP contribution in [-0.2, 0) is 11.8 Å². The lowest BCUT2D eigenvalue weighted by molar-refractivity contribution is -0.138. The van der Waals surface area contributed by atoms with E-state index in [9.17, 15) is 14.7 Å². The van der Waals surface area contributed by atoms with E-state index in [-0.39, 0.29) is 12.2 Å². The lowest BCUT2D eigenvalue weighted by atomic mass is 9.91. The number of Topliss-reactive ketones (excluding diaryl/α,β-unsaturated/α-hetero) is 1. The smallest absolute Gasteiger partial charge is 0.311 e. The molecule has 2 aromatic carbocycles. The summed E-state index contributed by atoms with van der Waals surface area (Å²) in [7, 11) is 1.87. The Morgan fingerprint density at radius 1 is 1.12 bits per heavy atom. The maximum Gasteiger partial charge on any atom is 0.311 e. The monoisotopic (exact) mass is 351 g/mol. The van der Waals surface area contributed by atoms with Gasteiger partial charge in [0.25, 0.3) is 0 Å². The summed E-state index contributed by atoms with van der Waals surface area (Å²) in [5, 5.41) is 10.6. The number of rotatable bonds is 7. The molecule has 1 unspecified atom stereocenters. The number of hydrogen-bond donors (Lipinski definition) is 1.